The average Bonchev–Trinajstić information content (AvgIpc) is 3.29. The highest BCUT2D eigenvalue weighted by Gasteiger charge is 2.31. The van der Waals surface area contributed by atoms with Crippen molar-refractivity contribution in [3.8, 4) is 5.75 Å². The number of carbonyl (C=O) groups excluding carboxylic acids is 2. The summed E-state index contributed by atoms with van der Waals surface area (Å²) in [6.07, 6.45) is 1.12. The van der Waals surface area contributed by atoms with E-state index >= 15 is 0 Å². The maximum Gasteiger partial charge on any atom is 0.395 e. The average molecular weight is 579 g/mol. The lowest BCUT2D eigenvalue weighted by Gasteiger charge is -2.25. The summed E-state index contributed by atoms with van der Waals surface area (Å²) >= 11 is 0. The summed E-state index contributed by atoms with van der Waals surface area (Å²) in [7, 11) is -3.78. The second-order valence-electron chi connectivity index (χ2n) is 9.15. The molecule has 1 aromatic carbocycles. The van der Waals surface area contributed by atoms with Crippen molar-refractivity contribution in [3.63, 3.8) is 0 Å². The predicted octanol–water partition coefficient (Wildman–Crippen LogP) is 3.36. The third-order valence-corrected chi connectivity index (χ3v) is 7.07. The topological polar surface area (TPSA) is 187 Å². The van der Waals surface area contributed by atoms with Crippen LogP contribution in [0.2, 0.25) is 0 Å². The van der Waals surface area contributed by atoms with Crippen LogP contribution in [0.15, 0.2) is 36.9 Å². The van der Waals surface area contributed by atoms with Crippen LogP contribution in [-0.4, -0.2) is 61.0 Å². The van der Waals surface area contributed by atoms with Gasteiger partial charge in [-0.15, -0.1) is 0 Å². The lowest BCUT2D eigenvalue weighted by molar-refractivity contribution is -0.387. The SMILES string of the molecule is CC(=O)Oc1ccc(CO[P@@](=O)(CO[C@H](C)Cn2cnc3c([N+](=O)[O-])ncnc32)N[C@H](C)C(=O)OC(C)C)cc1. The Kier molecular flexibility index (Phi) is 10.4. The first-order valence-corrected chi connectivity index (χ1v) is 14.1. The van der Waals surface area contributed by atoms with Gasteiger partial charge in [0.15, 0.2) is 5.65 Å². The molecule has 0 aliphatic heterocycles. The number of hydrogen-bond acceptors (Lipinski definition) is 12. The van der Waals surface area contributed by atoms with Gasteiger partial charge in [0.25, 0.3) is 7.52 Å². The number of hydrogen-bond donors (Lipinski definition) is 1. The van der Waals surface area contributed by atoms with Crippen LogP contribution in [0.4, 0.5) is 5.82 Å². The van der Waals surface area contributed by atoms with Gasteiger partial charge in [-0.05, 0) is 55.3 Å². The zero-order valence-electron chi connectivity index (χ0n) is 22.7. The number of benzene rings is 1. The van der Waals surface area contributed by atoms with Gasteiger partial charge in [0, 0.05) is 6.92 Å². The molecule has 2 heterocycles. The summed E-state index contributed by atoms with van der Waals surface area (Å²) in [5.41, 5.74) is 0.916. The fourth-order valence-corrected chi connectivity index (χ4v) is 5.21. The van der Waals surface area contributed by atoms with E-state index in [2.05, 4.69) is 20.0 Å². The first kappa shape index (κ1) is 30.8. The highest BCUT2D eigenvalue weighted by atomic mass is 31.2. The van der Waals surface area contributed by atoms with Crippen molar-refractivity contribution >= 4 is 36.4 Å². The van der Waals surface area contributed by atoms with E-state index in [1.54, 1.807) is 49.6 Å². The van der Waals surface area contributed by atoms with Gasteiger partial charge in [-0.1, -0.05) is 12.1 Å². The number of carbonyl (C=O) groups is 2. The van der Waals surface area contributed by atoms with Gasteiger partial charge < -0.3 is 33.4 Å². The summed E-state index contributed by atoms with van der Waals surface area (Å²) in [6.45, 7) is 7.97. The van der Waals surface area contributed by atoms with Crippen LogP contribution in [0.5, 0.6) is 5.75 Å². The first-order chi connectivity index (χ1) is 18.9. The molecule has 0 saturated carbocycles. The molecule has 0 fully saturated rings. The number of fused-ring (bicyclic) bond motifs is 1. The number of aromatic nitrogens is 4. The molecule has 3 rings (SSSR count). The van der Waals surface area contributed by atoms with Crippen molar-refractivity contribution in [1.29, 1.82) is 0 Å². The number of nitro groups is 1. The molecule has 40 heavy (non-hydrogen) atoms. The molecule has 0 aliphatic carbocycles. The van der Waals surface area contributed by atoms with E-state index in [9.17, 15) is 24.3 Å². The Morgan fingerprint density at radius 1 is 1.12 bits per heavy atom. The largest absolute Gasteiger partial charge is 0.462 e. The van der Waals surface area contributed by atoms with E-state index in [0.29, 0.717) is 11.3 Å². The zero-order chi connectivity index (χ0) is 29.4. The Bertz CT molecular complexity index is 1400. The molecule has 3 aromatic rings. The fraction of sp³-hybridized carbons (Fsp3) is 0.458. The molecule has 15 nitrogen and oxygen atoms in total. The minimum atomic E-state index is -3.78. The van der Waals surface area contributed by atoms with Crippen molar-refractivity contribution in [2.75, 3.05) is 6.35 Å². The quantitative estimate of drug-likeness (QED) is 0.0965. The standard InChI is InChI=1S/C24H31N6O9P/c1-15(2)38-24(32)17(4)28-40(35,37-11-19-6-8-20(9-7-19)39-18(5)31)14-36-16(3)10-29-13-27-21-22(29)25-12-26-23(21)30(33)34/h6-9,12-13,15-17H,10-11,14H2,1-5H3,(H,28,35)/t16-,17-,40+/m1/s1. The van der Waals surface area contributed by atoms with Crippen molar-refractivity contribution in [2.24, 2.45) is 0 Å². The van der Waals surface area contributed by atoms with E-state index in [-0.39, 0.29) is 30.4 Å². The molecule has 0 spiro atoms. The van der Waals surface area contributed by atoms with Crippen molar-refractivity contribution in [3.05, 3.63) is 52.6 Å². The monoisotopic (exact) mass is 578 g/mol. The molecule has 0 unspecified atom stereocenters. The van der Waals surface area contributed by atoms with Gasteiger partial charge in [0.05, 0.1) is 31.7 Å². The molecule has 0 aliphatic rings. The number of ether oxygens (including phenoxy) is 3. The Hall–Kier alpha value is -3.78. The van der Waals surface area contributed by atoms with E-state index < -0.39 is 48.7 Å². The molecule has 1 N–H and O–H groups in total. The Labute approximate surface area is 229 Å². The maximum atomic E-state index is 13.8. The number of rotatable bonds is 14. The van der Waals surface area contributed by atoms with Gasteiger partial charge in [-0.2, -0.15) is 4.98 Å². The highest BCUT2D eigenvalue weighted by molar-refractivity contribution is 7.56. The number of nitrogens with one attached hydrogen (secondary N) is 1. The van der Waals surface area contributed by atoms with Crippen LogP contribution in [0.3, 0.4) is 0 Å². The summed E-state index contributed by atoms with van der Waals surface area (Å²) in [4.78, 5) is 45.8. The molecular formula is C24H31N6O9P. The minimum absolute atomic E-state index is 0.0348. The predicted molar refractivity (Wildman–Crippen MR) is 141 cm³/mol. The van der Waals surface area contributed by atoms with E-state index in [1.807, 2.05) is 0 Å². The molecule has 216 valence electrons. The Balaban J connectivity index is 1.70. The second kappa shape index (κ2) is 13.5. The summed E-state index contributed by atoms with van der Waals surface area (Å²) in [5.74, 6) is -1.13. The van der Waals surface area contributed by atoms with Crippen LogP contribution in [0, 0.1) is 10.1 Å². The van der Waals surface area contributed by atoms with Crippen molar-refractivity contribution in [2.45, 2.75) is 66.0 Å². The molecular weight excluding hydrogens is 547 g/mol. The van der Waals surface area contributed by atoms with Gasteiger partial charge in [0.2, 0.25) is 11.8 Å². The third kappa shape index (κ3) is 8.61. The van der Waals surface area contributed by atoms with Crippen LogP contribution in [0.25, 0.3) is 11.2 Å². The molecule has 0 bridgehead atoms. The number of imidazole rings is 1. The molecule has 3 atom stereocenters. The summed E-state index contributed by atoms with van der Waals surface area (Å²) < 4.78 is 37.1. The van der Waals surface area contributed by atoms with Crippen LogP contribution in [0.1, 0.15) is 40.2 Å². The number of nitrogens with zero attached hydrogens (tertiary/aromatic N) is 5. The van der Waals surface area contributed by atoms with Crippen LogP contribution >= 0.6 is 7.52 Å². The normalized spacial score (nSPS) is 14.4. The number of esters is 2. The maximum absolute atomic E-state index is 13.8. The van der Waals surface area contributed by atoms with E-state index in [4.69, 9.17) is 18.7 Å². The third-order valence-electron chi connectivity index (χ3n) is 5.26. The van der Waals surface area contributed by atoms with Gasteiger partial charge in [-0.25, -0.2) is 10.1 Å². The van der Waals surface area contributed by atoms with Gasteiger partial charge in [0.1, 0.15) is 18.1 Å². The highest BCUT2D eigenvalue weighted by Crippen LogP contribution is 2.44. The van der Waals surface area contributed by atoms with E-state index in [0.717, 1.165) is 6.33 Å². The Morgan fingerprint density at radius 3 is 2.45 bits per heavy atom. The van der Waals surface area contributed by atoms with E-state index in [1.165, 1.54) is 20.2 Å². The molecule has 0 radical (unpaired) electrons. The van der Waals surface area contributed by atoms with Crippen molar-refractivity contribution in [1.82, 2.24) is 24.6 Å². The second-order valence-corrected chi connectivity index (χ2v) is 11.3. The minimum Gasteiger partial charge on any atom is -0.462 e. The molecule has 0 saturated heterocycles. The van der Waals surface area contributed by atoms with Crippen LogP contribution in [-0.2, 0) is 41.3 Å². The summed E-state index contributed by atoms with van der Waals surface area (Å²) in [5, 5.41) is 13.9. The lowest BCUT2D eigenvalue weighted by Crippen LogP contribution is -2.36. The van der Waals surface area contributed by atoms with Gasteiger partial charge in [-0.3, -0.25) is 14.2 Å². The lowest BCUT2D eigenvalue weighted by atomic mass is 10.2. The zero-order valence-corrected chi connectivity index (χ0v) is 23.6. The van der Waals surface area contributed by atoms with Crippen molar-refractivity contribution < 1.29 is 37.8 Å². The fourth-order valence-electron chi connectivity index (χ4n) is 3.48. The molecule has 0 amide bonds. The smallest absolute Gasteiger partial charge is 0.395 e. The van der Waals surface area contributed by atoms with Crippen LogP contribution < -0.4 is 9.82 Å². The Morgan fingerprint density at radius 2 is 1.82 bits per heavy atom. The van der Waals surface area contributed by atoms with Gasteiger partial charge >= 0.3 is 17.8 Å². The molecule has 2 aromatic heterocycles. The first-order valence-electron chi connectivity index (χ1n) is 12.3. The molecule has 16 heteroatoms. The summed E-state index contributed by atoms with van der Waals surface area (Å²) in [6, 6.07) is 5.47.